The van der Waals surface area contributed by atoms with Crippen molar-refractivity contribution >= 4 is 57.3 Å². The largest absolute Gasteiger partial charge is 0.301 e. The van der Waals surface area contributed by atoms with E-state index in [-0.39, 0.29) is 17.5 Å². The number of hydrogen-bond donors (Lipinski definition) is 1. The third-order valence-corrected chi connectivity index (χ3v) is 5.63. The molecule has 3 aromatic rings. The molecule has 0 aliphatic rings. The molecule has 3 nitrogen and oxygen atoms in total. The molecule has 0 saturated carbocycles. The van der Waals surface area contributed by atoms with Crippen LogP contribution >= 0.6 is 46.3 Å². The van der Waals surface area contributed by atoms with Crippen LogP contribution in [-0.4, -0.2) is 16.6 Å². The summed E-state index contributed by atoms with van der Waals surface area (Å²) in [5, 5.41) is 6.16. The third-order valence-electron chi connectivity index (χ3n) is 3.14. The third kappa shape index (κ3) is 4.95. The van der Waals surface area contributed by atoms with Crippen molar-refractivity contribution in [3.8, 4) is 11.3 Å². The Morgan fingerprint density at radius 2 is 1.96 bits per heavy atom. The van der Waals surface area contributed by atoms with Crippen molar-refractivity contribution < 1.29 is 9.18 Å². The fourth-order valence-corrected chi connectivity index (χ4v) is 4.00. The van der Waals surface area contributed by atoms with Crippen molar-refractivity contribution in [1.82, 2.24) is 4.98 Å². The summed E-state index contributed by atoms with van der Waals surface area (Å²) in [4.78, 5) is 17.2. The van der Waals surface area contributed by atoms with Crippen molar-refractivity contribution in [2.45, 2.75) is 4.90 Å². The highest BCUT2D eigenvalue weighted by Crippen LogP contribution is 2.30. The van der Waals surface area contributed by atoms with Crippen LogP contribution in [0.15, 0.2) is 52.7 Å². The number of halogens is 3. The van der Waals surface area contributed by atoms with Crippen molar-refractivity contribution in [2.75, 3.05) is 11.1 Å². The molecule has 0 spiro atoms. The Morgan fingerprint density at radius 3 is 2.72 bits per heavy atom. The monoisotopic (exact) mass is 412 g/mol. The first kappa shape index (κ1) is 18.2. The van der Waals surface area contributed by atoms with E-state index in [1.807, 2.05) is 5.38 Å². The second kappa shape index (κ2) is 8.19. The number of benzene rings is 2. The van der Waals surface area contributed by atoms with Crippen LogP contribution in [0.25, 0.3) is 11.3 Å². The molecule has 1 heterocycles. The smallest absolute Gasteiger partial charge is 0.236 e. The molecular formula is C17H11Cl2FN2OS2. The summed E-state index contributed by atoms with van der Waals surface area (Å²) in [6, 6.07) is 11.1. The average molecular weight is 413 g/mol. The number of aromatic nitrogens is 1. The molecule has 0 atom stereocenters. The van der Waals surface area contributed by atoms with E-state index in [0.29, 0.717) is 20.9 Å². The maximum atomic E-state index is 13.0. The van der Waals surface area contributed by atoms with Gasteiger partial charge in [-0.2, -0.15) is 0 Å². The zero-order valence-corrected chi connectivity index (χ0v) is 15.8. The van der Waals surface area contributed by atoms with Crippen LogP contribution in [0.2, 0.25) is 10.0 Å². The first-order valence-corrected chi connectivity index (χ1v) is 9.72. The van der Waals surface area contributed by atoms with Gasteiger partial charge >= 0.3 is 0 Å². The summed E-state index contributed by atoms with van der Waals surface area (Å²) in [7, 11) is 0. The second-order valence-corrected chi connectivity index (χ2v) is 7.68. The molecule has 0 unspecified atom stereocenters. The van der Waals surface area contributed by atoms with Gasteiger partial charge in [-0.3, -0.25) is 4.79 Å². The van der Waals surface area contributed by atoms with Crippen molar-refractivity contribution in [3.05, 3.63) is 63.7 Å². The summed E-state index contributed by atoms with van der Waals surface area (Å²) < 4.78 is 13.0. The zero-order chi connectivity index (χ0) is 17.8. The van der Waals surface area contributed by atoms with E-state index >= 15 is 0 Å². The number of carbonyl (C=O) groups excluding carboxylic acids is 1. The molecule has 3 rings (SSSR count). The lowest BCUT2D eigenvalue weighted by atomic mass is 10.2. The van der Waals surface area contributed by atoms with E-state index < -0.39 is 0 Å². The van der Waals surface area contributed by atoms with E-state index in [9.17, 15) is 9.18 Å². The van der Waals surface area contributed by atoms with E-state index in [1.54, 1.807) is 30.3 Å². The Balaban J connectivity index is 1.60. The Bertz CT molecular complexity index is 900. The fourth-order valence-electron chi connectivity index (χ4n) is 1.97. The maximum absolute atomic E-state index is 13.0. The number of nitrogens with zero attached hydrogens (tertiary/aromatic N) is 1. The van der Waals surface area contributed by atoms with Gasteiger partial charge in [0.2, 0.25) is 5.91 Å². The summed E-state index contributed by atoms with van der Waals surface area (Å²) >= 11 is 14.6. The molecule has 25 heavy (non-hydrogen) atoms. The quantitative estimate of drug-likeness (QED) is 0.523. The van der Waals surface area contributed by atoms with E-state index in [2.05, 4.69) is 10.3 Å². The van der Waals surface area contributed by atoms with Crippen LogP contribution in [0.3, 0.4) is 0 Å². The molecule has 0 bridgehead atoms. The predicted molar refractivity (Wildman–Crippen MR) is 103 cm³/mol. The molecular weight excluding hydrogens is 402 g/mol. The molecule has 1 aromatic heterocycles. The molecule has 0 saturated heterocycles. The van der Waals surface area contributed by atoms with Crippen molar-refractivity contribution in [2.24, 2.45) is 0 Å². The summed E-state index contributed by atoms with van der Waals surface area (Å²) in [5.74, 6) is -0.309. The van der Waals surface area contributed by atoms with Crippen molar-refractivity contribution in [1.29, 1.82) is 0 Å². The normalized spacial score (nSPS) is 10.7. The molecule has 2 aromatic carbocycles. The van der Waals surface area contributed by atoms with Crippen LogP contribution in [0.1, 0.15) is 0 Å². The highest BCUT2D eigenvalue weighted by atomic mass is 35.5. The summed E-state index contributed by atoms with van der Waals surface area (Å²) in [5.41, 5.74) is 1.48. The predicted octanol–water partition coefficient (Wildman–Crippen LogP) is 5.99. The van der Waals surface area contributed by atoms with Gasteiger partial charge in [0, 0.05) is 20.9 Å². The number of anilines is 1. The number of carbonyl (C=O) groups is 1. The number of thioether (sulfide) groups is 1. The lowest BCUT2D eigenvalue weighted by Crippen LogP contribution is -2.13. The highest BCUT2D eigenvalue weighted by molar-refractivity contribution is 8.00. The van der Waals surface area contributed by atoms with Gasteiger partial charge in [-0.15, -0.1) is 23.1 Å². The van der Waals surface area contributed by atoms with E-state index in [4.69, 9.17) is 23.2 Å². The van der Waals surface area contributed by atoms with Gasteiger partial charge in [0.15, 0.2) is 5.13 Å². The van der Waals surface area contributed by atoms with Crippen LogP contribution in [0.4, 0.5) is 9.52 Å². The molecule has 1 amide bonds. The van der Waals surface area contributed by atoms with Crippen LogP contribution in [0.5, 0.6) is 0 Å². The number of nitrogens with one attached hydrogen (secondary N) is 1. The molecule has 0 radical (unpaired) electrons. The van der Waals surface area contributed by atoms with E-state index in [0.717, 1.165) is 10.5 Å². The minimum atomic E-state index is -0.302. The van der Waals surface area contributed by atoms with Gasteiger partial charge < -0.3 is 5.32 Å². The highest BCUT2D eigenvalue weighted by Gasteiger charge is 2.10. The van der Waals surface area contributed by atoms with Crippen molar-refractivity contribution in [3.63, 3.8) is 0 Å². The summed E-state index contributed by atoms with van der Waals surface area (Å²) in [6.45, 7) is 0. The molecule has 0 aliphatic carbocycles. The molecule has 8 heteroatoms. The van der Waals surface area contributed by atoms with Crippen LogP contribution in [0, 0.1) is 5.82 Å². The minimum Gasteiger partial charge on any atom is -0.301 e. The minimum absolute atomic E-state index is 0.186. The topological polar surface area (TPSA) is 42.0 Å². The number of rotatable bonds is 5. The lowest BCUT2D eigenvalue weighted by Gasteiger charge is -2.04. The average Bonchev–Trinajstić information content (AvgIpc) is 3.05. The van der Waals surface area contributed by atoms with Crippen LogP contribution < -0.4 is 5.32 Å². The zero-order valence-electron chi connectivity index (χ0n) is 12.6. The molecule has 1 N–H and O–H groups in total. The van der Waals surface area contributed by atoms with Gasteiger partial charge in [-0.25, -0.2) is 9.37 Å². The Labute approximate surface area is 162 Å². The molecule has 128 valence electrons. The lowest BCUT2D eigenvalue weighted by molar-refractivity contribution is -0.113. The second-order valence-electron chi connectivity index (χ2n) is 4.96. The maximum Gasteiger partial charge on any atom is 0.236 e. The Kier molecular flexibility index (Phi) is 5.96. The number of thiazole rings is 1. The first-order valence-electron chi connectivity index (χ1n) is 7.10. The molecule has 0 fully saturated rings. The standard InChI is InChI=1S/C17H11Cl2FN2OS2/c18-11-3-6-13(19)15(7-11)24-9-16(23)22-17-21-14(8-25-17)10-1-4-12(20)5-2-10/h1-8H,9H2,(H,21,22,23). The van der Waals surface area contributed by atoms with Gasteiger partial charge in [-0.05, 0) is 42.5 Å². The van der Waals surface area contributed by atoms with Gasteiger partial charge in [0.05, 0.1) is 16.5 Å². The fraction of sp³-hybridized carbons (Fsp3) is 0.0588. The number of amides is 1. The Hall–Kier alpha value is -1.60. The molecule has 0 aliphatic heterocycles. The van der Waals surface area contributed by atoms with Gasteiger partial charge in [-0.1, -0.05) is 23.2 Å². The van der Waals surface area contributed by atoms with E-state index in [1.165, 1.54) is 35.2 Å². The van der Waals surface area contributed by atoms with Gasteiger partial charge in [0.25, 0.3) is 0 Å². The van der Waals surface area contributed by atoms with Crippen LogP contribution in [-0.2, 0) is 4.79 Å². The first-order chi connectivity index (χ1) is 12.0. The Morgan fingerprint density at radius 1 is 1.20 bits per heavy atom. The SMILES string of the molecule is O=C(CSc1cc(Cl)ccc1Cl)Nc1nc(-c2ccc(F)cc2)cs1. The van der Waals surface area contributed by atoms with Gasteiger partial charge in [0.1, 0.15) is 5.82 Å². The summed E-state index contributed by atoms with van der Waals surface area (Å²) in [6.07, 6.45) is 0. The number of hydrogen-bond acceptors (Lipinski definition) is 4.